The van der Waals surface area contributed by atoms with Crippen LogP contribution in [0.25, 0.3) is 0 Å². The molecule has 1 saturated carbocycles. The Kier molecular flexibility index (Phi) is 2.81. The van der Waals surface area contributed by atoms with E-state index in [0.29, 0.717) is 17.4 Å². The second-order valence-corrected chi connectivity index (χ2v) is 4.38. The van der Waals surface area contributed by atoms with Gasteiger partial charge >= 0.3 is 5.97 Å². The number of carboxylic acids is 1. The molecule has 1 fully saturated rings. The van der Waals surface area contributed by atoms with Gasteiger partial charge in [0.25, 0.3) is 0 Å². The Hall–Kier alpha value is -1.58. The van der Waals surface area contributed by atoms with Crippen molar-refractivity contribution in [3.63, 3.8) is 0 Å². The van der Waals surface area contributed by atoms with Crippen molar-refractivity contribution in [2.24, 2.45) is 0 Å². The second-order valence-electron chi connectivity index (χ2n) is 4.38. The van der Waals surface area contributed by atoms with Gasteiger partial charge in [0, 0.05) is 11.7 Å². The molecule has 1 aliphatic rings. The number of nitrogens with zero attached hydrogens (tertiary/aromatic N) is 1. The van der Waals surface area contributed by atoms with Crippen LogP contribution in [0.1, 0.15) is 40.9 Å². The van der Waals surface area contributed by atoms with Gasteiger partial charge in [-0.25, -0.2) is 9.78 Å². The summed E-state index contributed by atoms with van der Waals surface area (Å²) in [5.74, 6) is -0.387. The second kappa shape index (κ2) is 4.12. The van der Waals surface area contributed by atoms with E-state index in [2.05, 4.69) is 10.3 Å². The molecule has 0 radical (unpaired) electrons. The molecule has 16 heavy (non-hydrogen) atoms. The monoisotopic (exact) mass is 220 g/mol. The Balaban J connectivity index is 2.35. The van der Waals surface area contributed by atoms with E-state index in [4.69, 9.17) is 5.11 Å². The fourth-order valence-corrected chi connectivity index (χ4v) is 1.96. The number of hydrogen-bond acceptors (Lipinski definition) is 3. The van der Waals surface area contributed by atoms with Crippen molar-refractivity contribution < 1.29 is 9.90 Å². The minimum Gasteiger partial charge on any atom is -0.478 e. The SMILES string of the molecule is Cc1cc(C)c(C(=O)O)c(NC2CCC2)n1. The third-order valence-electron chi connectivity index (χ3n) is 3.00. The molecule has 2 rings (SSSR count). The smallest absolute Gasteiger partial charge is 0.339 e. The lowest BCUT2D eigenvalue weighted by Crippen LogP contribution is -2.28. The number of anilines is 1. The molecule has 0 aromatic carbocycles. The fourth-order valence-electron chi connectivity index (χ4n) is 1.96. The molecule has 0 saturated heterocycles. The van der Waals surface area contributed by atoms with Crippen LogP contribution < -0.4 is 5.32 Å². The quantitative estimate of drug-likeness (QED) is 0.820. The van der Waals surface area contributed by atoms with Crippen LogP contribution in [0.3, 0.4) is 0 Å². The van der Waals surface area contributed by atoms with Gasteiger partial charge in [0.15, 0.2) is 0 Å². The summed E-state index contributed by atoms with van der Waals surface area (Å²) < 4.78 is 0. The molecule has 86 valence electrons. The number of carboxylic acid groups (broad SMARTS) is 1. The zero-order chi connectivity index (χ0) is 11.7. The predicted molar refractivity (Wildman–Crippen MR) is 61.9 cm³/mol. The number of hydrogen-bond donors (Lipinski definition) is 2. The molecule has 0 aliphatic heterocycles. The average Bonchev–Trinajstić information content (AvgIpc) is 2.09. The minimum atomic E-state index is -0.910. The van der Waals surface area contributed by atoms with Gasteiger partial charge in [-0.3, -0.25) is 0 Å². The Morgan fingerprint density at radius 3 is 2.69 bits per heavy atom. The molecule has 4 nitrogen and oxygen atoms in total. The number of aromatic carboxylic acids is 1. The van der Waals surface area contributed by atoms with E-state index in [1.165, 1.54) is 6.42 Å². The molecule has 1 aromatic heterocycles. The van der Waals surface area contributed by atoms with Gasteiger partial charge in [0.1, 0.15) is 11.4 Å². The summed E-state index contributed by atoms with van der Waals surface area (Å²) >= 11 is 0. The highest BCUT2D eigenvalue weighted by atomic mass is 16.4. The van der Waals surface area contributed by atoms with Crippen molar-refractivity contribution in [3.8, 4) is 0 Å². The number of pyridine rings is 1. The van der Waals surface area contributed by atoms with Gasteiger partial charge in [-0.1, -0.05) is 0 Å². The van der Waals surface area contributed by atoms with Crippen LogP contribution in [-0.2, 0) is 0 Å². The zero-order valence-electron chi connectivity index (χ0n) is 9.58. The van der Waals surface area contributed by atoms with Crippen molar-refractivity contribution in [2.75, 3.05) is 5.32 Å². The Labute approximate surface area is 94.7 Å². The molecule has 2 N–H and O–H groups in total. The Bertz CT molecular complexity index is 425. The van der Waals surface area contributed by atoms with Crippen molar-refractivity contribution in [2.45, 2.75) is 39.2 Å². The van der Waals surface area contributed by atoms with Crippen molar-refractivity contribution >= 4 is 11.8 Å². The maximum Gasteiger partial charge on any atom is 0.339 e. The molecule has 1 aliphatic carbocycles. The molecule has 0 atom stereocenters. The summed E-state index contributed by atoms with van der Waals surface area (Å²) in [6, 6.07) is 2.20. The van der Waals surface area contributed by atoms with Gasteiger partial charge in [-0.05, 0) is 44.7 Å². The van der Waals surface area contributed by atoms with E-state index in [1.54, 1.807) is 6.07 Å². The third kappa shape index (κ3) is 2.01. The lowest BCUT2D eigenvalue weighted by Gasteiger charge is -2.27. The number of aromatic nitrogens is 1. The van der Waals surface area contributed by atoms with Crippen LogP contribution in [0.2, 0.25) is 0 Å². The van der Waals surface area contributed by atoms with E-state index in [0.717, 1.165) is 24.1 Å². The lowest BCUT2D eigenvalue weighted by atomic mass is 9.93. The van der Waals surface area contributed by atoms with Gasteiger partial charge in [-0.15, -0.1) is 0 Å². The molecule has 1 heterocycles. The Morgan fingerprint density at radius 2 is 2.19 bits per heavy atom. The number of nitrogens with one attached hydrogen (secondary N) is 1. The molecule has 4 heteroatoms. The van der Waals surface area contributed by atoms with Crippen LogP contribution in [0.5, 0.6) is 0 Å². The van der Waals surface area contributed by atoms with E-state index in [1.807, 2.05) is 13.8 Å². The first kappa shape index (κ1) is 10.9. The average molecular weight is 220 g/mol. The highest BCUT2D eigenvalue weighted by molar-refractivity contribution is 5.94. The molecule has 0 amide bonds. The van der Waals surface area contributed by atoms with Gasteiger partial charge in [-0.2, -0.15) is 0 Å². The highest BCUT2D eigenvalue weighted by Gasteiger charge is 2.22. The molecule has 0 unspecified atom stereocenters. The fraction of sp³-hybridized carbons (Fsp3) is 0.500. The summed E-state index contributed by atoms with van der Waals surface area (Å²) in [6.07, 6.45) is 3.42. The summed E-state index contributed by atoms with van der Waals surface area (Å²) in [5, 5.41) is 12.4. The van der Waals surface area contributed by atoms with E-state index < -0.39 is 5.97 Å². The predicted octanol–water partition coefficient (Wildman–Crippen LogP) is 2.36. The number of rotatable bonds is 3. The Morgan fingerprint density at radius 1 is 1.50 bits per heavy atom. The first-order chi connectivity index (χ1) is 7.58. The maximum atomic E-state index is 11.2. The molecule has 0 bridgehead atoms. The summed E-state index contributed by atoms with van der Waals surface area (Å²) in [5.41, 5.74) is 1.92. The third-order valence-corrected chi connectivity index (χ3v) is 3.00. The van der Waals surface area contributed by atoms with Crippen LogP contribution in [0.15, 0.2) is 6.07 Å². The lowest BCUT2D eigenvalue weighted by molar-refractivity contribution is 0.0696. The van der Waals surface area contributed by atoms with Crippen molar-refractivity contribution in [1.82, 2.24) is 4.98 Å². The standard InChI is InChI=1S/C12H16N2O2/c1-7-6-8(2)13-11(10(7)12(15)16)14-9-4-3-5-9/h6,9H,3-5H2,1-2H3,(H,13,14)(H,15,16). The minimum absolute atomic E-state index is 0.303. The van der Waals surface area contributed by atoms with E-state index in [9.17, 15) is 4.79 Å². The summed E-state index contributed by atoms with van der Waals surface area (Å²) in [4.78, 5) is 15.4. The highest BCUT2D eigenvalue weighted by Crippen LogP contribution is 2.26. The topological polar surface area (TPSA) is 62.2 Å². The largest absolute Gasteiger partial charge is 0.478 e. The van der Waals surface area contributed by atoms with Gasteiger partial charge in [0.2, 0.25) is 0 Å². The van der Waals surface area contributed by atoms with Crippen molar-refractivity contribution in [1.29, 1.82) is 0 Å². The number of aryl methyl sites for hydroxylation is 2. The van der Waals surface area contributed by atoms with E-state index >= 15 is 0 Å². The first-order valence-electron chi connectivity index (χ1n) is 5.56. The van der Waals surface area contributed by atoms with Crippen molar-refractivity contribution in [3.05, 3.63) is 22.9 Å². The molecular weight excluding hydrogens is 204 g/mol. The molecule has 1 aromatic rings. The maximum absolute atomic E-state index is 11.2. The first-order valence-corrected chi connectivity index (χ1v) is 5.56. The van der Waals surface area contributed by atoms with Crippen LogP contribution in [-0.4, -0.2) is 22.1 Å². The van der Waals surface area contributed by atoms with E-state index in [-0.39, 0.29) is 0 Å². The summed E-state index contributed by atoms with van der Waals surface area (Å²) in [7, 11) is 0. The van der Waals surface area contributed by atoms with Crippen LogP contribution in [0, 0.1) is 13.8 Å². The summed E-state index contributed by atoms with van der Waals surface area (Å²) in [6.45, 7) is 3.69. The van der Waals surface area contributed by atoms with Crippen LogP contribution in [0.4, 0.5) is 5.82 Å². The molecular formula is C12H16N2O2. The normalized spacial score (nSPS) is 15.6. The zero-order valence-corrected chi connectivity index (χ0v) is 9.58. The molecule has 0 spiro atoms. The number of carbonyl (C=O) groups is 1. The van der Waals surface area contributed by atoms with Crippen LogP contribution >= 0.6 is 0 Å². The van der Waals surface area contributed by atoms with Gasteiger partial charge < -0.3 is 10.4 Å². The van der Waals surface area contributed by atoms with Gasteiger partial charge in [0.05, 0.1) is 0 Å².